The van der Waals surface area contributed by atoms with Crippen LogP contribution in [0.25, 0.3) is 0 Å². The molecule has 0 radical (unpaired) electrons. The zero-order chi connectivity index (χ0) is 15.6. The normalized spacial score (nSPS) is 11.1. The maximum Gasteiger partial charge on any atom is 0.340 e. The van der Waals surface area contributed by atoms with Crippen LogP contribution in [0.4, 0.5) is 5.69 Å². The molecule has 1 heterocycles. The summed E-state index contributed by atoms with van der Waals surface area (Å²) in [7, 11) is -4.11. The van der Waals surface area contributed by atoms with Crippen molar-refractivity contribution in [3.05, 3.63) is 41.6 Å². The van der Waals surface area contributed by atoms with Crippen molar-refractivity contribution in [3.63, 3.8) is 0 Å². The minimum absolute atomic E-state index is 0.147. The Kier molecular flexibility index (Phi) is 3.76. The molecule has 0 amide bonds. The molecule has 0 saturated heterocycles. The second kappa shape index (κ2) is 5.37. The van der Waals surface area contributed by atoms with Gasteiger partial charge in [-0.25, -0.2) is 4.79 Å². The SMILES string of the molecule is CC(=O)c1ccc(NS(=O)(=O)c2[nH]ncc2C(=O)O)cc1. The lowest BCUT2D eigenvalue weighted by Gasteiger charge is -2.07. The Labute approximate surface area is 119 Å². The van der Waals surface area contributed by atoms with E-state index in [9.17, 15) is 18.0 Å². The lowest BCUT2D eigenvalue weighted by Crippen LogP contribution is -2.16. The number of carbonyl (C=O) groups excluding carboxylic acids is 1. The molecule has 0 saturated carbocycles. The predicted octanol–water partition coefficient (Wildman–Crippen LogP) is 1.11. The number of carbonyl (C=O) groups is 2. The van der Waals surface area contributed by atoms with Crippen molar-refractivity contribution < 1.29 is 23.1 Å². The molecule has 21 heavy (non-hydrogen) atoms. The van der Waals surface area contributed by atoms with Crippen LogP contribution in [0.2, 0.25) is 0 Å². The van der Waals surface area contributed by atoms with Crippen LogP contribution < -0.4 is 4.72 Å². The van der Waals surface area contributed by atoms with Crippen molar-refractivity contribution >= 4 is 27.5 Å². The van der Waals surface area contributed by atoms with Crippen LogP contribution in [0.3, 0.4) is 0 Å². The molecule has 2 rings (SSSR count). The maximum atomic E-state index is 12.1. The first-order valence-electron chi connectivity index (χ1n) is 5.72. The van der Waals surface area contributed by atoms with E-state index in [1.165, 1.54) is 31.2 Å². The Morgan fingerprint density at radius 2 is 1.86 bits per heavy atom. The van der Waals surface area contributed by atoms with Crippen LogP contribution in [0.1, 0.15) is 27.6 Å². The first kappa shape index (κ1) is 14.7. The van der Waals surface area contributed by atoms with Crippen molar-refractivity contribution in [2.75, 3.05) is 4.72 Å². The van der Waals surface area contributed by atoms with Gasteiger partial charge in [-0.15, -0.1) is 0 Å². The Morgan fingerprint density at radius 1 is 1.24 bits per heavy atom. The fourth-order valence-electron chi connectivity index (χ4n) is 1.61. The summed E-state index contributed by atoms with van der Waals surface area (Å²) in [5.41, 5.74) is 0.180. The van der Waals surface area contributed by atoms with Crippen molar-refractivity contribution in [3.8, 4) is 0 Å². The molecule has 0 aliphatic rings. The summed E-state index contributed by atoms with van der Waals surface area (Å²) in [6.45, 7) is 1.39. The van der Waals surface area contributed by atoms with Crippen LogP contribution in [0, 0.1) is 0 Å². The summed E-state index contributed by atoms with van der Waals surface area (Å²) in [5, 5.41) is 13.9. The van der Waals surface area contributed by atoms with Crippen LogP contribution in [0.5, 0.6) is 0 Å². The molecular formula is C12H11N3O5S. The molecule has 2 aromatic rings. The quantitative estimate of drug-likeness (QED) is 0.709. The van der Waals surface area contributed by atoms with Gasteiger partial charge in [-0.3, -0.25) is 14.6 Å². The monoisotopic (exact) mass is 309 g/mol. The largest absolute Gasteiger partial charge is 0.478 e. The molecule has 0 atom stereocenters. The van der Waals surface area contributed by atoms with E-state index in [-0.39, 0.29) is 11.5 Å². The van der Waals surface area contributed by atoms with Gasteiger partial charge in [0.15, 0.2) is 10.8 Å². The highest BCUT2D eigenvalue weighted by atomic mass is 32.2. The van der Waals surface area contributed by atoms with E-state index in [1.54, 1.807) is 0 Å². The molecule has 0 bridgehead atoms. The highest BCUT2D eigenvalue weighted by Crippen LogP contribution is 2.18. The number of benzene rings is 1. The Bertz CT molecular complexity index is 793. The number of H-pyrrole nitrogens is 1. The summed E-state index contributed by atoms with van der Waals surface area (Å²) in [6.07, 6.45) is 0.912. The van der Waals surface area contributed by atoms with E-state index in [0.29, 0.717) is 5.56 Å². The van der Waals surface area contributed by atoms with Crippen molar-refractivity contribution in [2.45, 2.75) is 11.9 Å². The zero-order valence-corrected chi connectivity index (χ0v) is 11.6. The van der Waals surface area contributed by atoms with Crippen LogP contribution in [-0.4, -0.2) is 35.5 Å². The topological polar surface area (TPSA) is 129 Å². The third-order valence-corrected chi connectivity index (χ3v) is 4.00. The molecular weight excluding hydrogens is 298 g/mol. The molecule has 8 nitrogen and oxygen atoms in total. The maximum absolute atomic E-state index is 12.1. The highest BCUT2D eigenvalue weighted by molar-refractivity contribution is 7.92. The molecule has 0 aliphatic heterocycles. The van der Waals surface area contributed by atoms with Gasteiger partial charge in [0.2, 0.25) is 0 Å². The third kappa shape index (κ3) is 3.08. The fraction of sp³-hybridized carbons (Fsp3) is 0.0833. The number of anilines is 1. The summed E-state index contributed by atoms with van der Waals surface area (Å²) < 4.78 is 26.4. The second-order valence-electron chi connectivity index (χ2n) is 4.16. The lowest BCUT2D eigenvalue weighted by atomic mass is 10.1. The average molecular weight is 309 g/mol. The fourth-order valence-corrected chi connectivity index (χ4v) is 2.76. The molecule has 9 heteroatoms. The van der Waals surface area contributed by atoms with E-state index in [2.05, 4.69) is 14.9 Å². The van der Waals surface area contributed by atoms with Gasteiger partial charge in [0, 0.05) is 11.3 Å². The number of nitrogens with one attached hydrogen (secondary N) is 2. The average Bonchev–Trinajstić information content (AvgIpc) is 2.89. The molecule has 110 valence electrons. The summed E-state index contributed by atoms with van der Waals surface area (Å²) in [4.78, 5) is 22.0. The summed E-state index contributed by atoms with van der Waals surface area (Å²) in [6, 6.07) is 5.74. The van der Waals surface area contributed by atoms with Gasteiger partial charge in [-0.1, -0.05) is 0 Å². The first-order valence-corrected chi connectivity index (χ1v) is 7.20. The van der Waals surface area contributed by atoms with Crippen molar-refractivity contribution in [2.24, 2.45) is 0 Å². The van der Waals surface area contributed by atoms with Gasteiger partial charge < -0.3 is 5.11 Å². The molecule has 0 unspecified atom stereocenters. The lowest BCUT2D eigenvalue weighted by molar-refractivity contribution is 0.0692. The number of aromatic nitrogens is 2. The number of carboxylic acids is 1. The molecule has 0 spiro atoms. The van der Waals surface area contributed by atoms with E-state index in [4.69, 9.17) is 5.11 Å². The Morgan fingerprint density at radius 3 is 2.38 bits per heavy atom. The molecule has 3 N–H and O–H groups in total. The van der Waals surface area contributed by atoms with Crippen LogP contribution in [-0.2, 0) is 10.0 Å². The van der Waals surface area contributed by atoms with E-state index >= 15 is 0 Å². The second-order valence-corrected chi connectivity index (χ2v) is 5.78. The predicted molar refractivity (Wildman–Crippen MR) is 72.8 cm³/mol. The van der Waals surface area contributed by atoms with Gasteiger partial charge >= 0.3 is 5.97 Å². The smallest absolute Gasteiger partial charge is 0.340 e. The minimum Gasteiger partial charge on any atom is -0.478 e. The standard InChI is InChI=1S/C12H11N3O5S/c1-7(16)8-2-4-9(5-3-8)15-21(19,20)11-10(12(17)18)6-13-14-11/h2-6,15H,1H3,(H,13,14)(H,17,18). The number of hydrogen-bond acceptors (Lipinski definition) is 5. The van der Waals surface area contributed by atoms with E-state index in [1.807, 2.05) is 0 Å². The van der Waals surface area contributed by atoms with Gasteiger partial charge in [-0.05, 0) is 31.2 Å². The van der Waals surface area contributed by atoms with Gasteiger partial charge in [0.05, 0.1) is 6.20 Å². The molecule has 1 aromatic carbocycles. The van der Waals surface area contributed by atoms with Crippen molar-refractivity contribution in [1.29, 1.82) is 0 Å². The number of sulfonamides is 1. The zero-order valence-electron chi connectivity index (χ0n) is 10.8. The number of rotatable bonds is 5. The molecule has 0 aliphatic carbocycles. The van der Waals surface area contributed by atoms with Gasteiger partial charge in [0.25, 0.3) is 10.0 Å². The number of nitrogens with zero attached hydrogens (tertiary/aromatic N) is 1. The number of carboxylic acid groups (broad SMARTS) is 1. The Balaban J connectivity index is 2.31. The summed E-state index contributed by atoms with van der Waals surface area (Å²) in [5.74, 6) is -1.55. The number of ketones is 1. The Hall–Kier alpha value is -2.68. The first-order chi connectivity index (χ1) is 9.81. The van der Waals surface area contributed by atoms with Crippen molar-refractivity contribution in [1.82, 2.24) is 10.2 Å². The van der Waals surface area contributed by atoms with Crippen LogP contribution >= 0.6 is 0 Å². The van der Waals surface area contributed by atoms with E-state index in [0.717, 1.165) is 6.20 Å². The molecule has 0 fully saturated rings. The third-order valence-electron chi connectivity index (χ3n) is 2.65. The number of aromatic amines is 1. The number of aromatic carboxylic acids is 1. The number of Topliss-reactive ketones (excluding diaryl/α,β-unsaturated/α-hetero) is 1. The van der Waals surface area contributed by atoms with E-state index < -0.39 is 26.6 Å². The van der Waals surface area contributed by atoms with Gasteiger partial charge in [-0.2, -0.15) is 13.5 Å². The highest BCUT2D eigenvalue weighted by Gasteiger charge is 2.24. The summed E-state index contributed by atoms with van der Waals surface area (Å²) >= 11 is 0. The van der Waals surface area contributed by atoms with Crippen LogP contribution in [0.15, 0.2) is 35.5 Å². The van der Waals surface area contributed by atoms with Gasteiger partial charge in [0.1, 0.15) is 5.56 Å². The molecule has 1 aromatic heterocycles. The minimum atomic E-state index is -4.11. The number of hydrogen-bond donors (Lipinski definition) is 3.